The van der Waals surface area contributed by atoms with Crippen LogP contribution in [0.2, 0.25) is 0 Å². The lowest BCUT2D eigenvalue weighted by atomic mass is 10.2. The average Bonchev–Trinajstić information content (AvgIpc) is 2.73. The van der Waals surface area contributed by atoms with Gasteiger partial charge in [-0.25, -0.2) is 4.98 Å². The topological polar surface area (TPSA) is 45.1 Å². The number of rotatable bonds is 4. The molecule has 1 aromatic heterocycles. The van der Waals surface area contributed by atoms with Crippen LogP contribution in [0.3, 0.4) is 0 Å². The number of aromatic nitrogens is 1. The van der Waals surface area contributed by atoms with E-state index in [0.29, 0.717) is 6.54 Å². The van der Waals surface area contributed by atoms with Gasteiger partial charge in [0.05, 0.1) is 13.2 Å². The Morgan fingerprint density at radius 3 is 2.88 bits per heavy atom. The molecule has 1 aromatic carbocycles. The molecule has 0 amide bonds. The third-order valence-electron chi connectivity index (χ3n) is 2.28. The summed E-state index contributed by atoms with van der Waals surface area (Å²) in [6.07, 6.45) is 0. The van der Waals surface area contributed by atoms with Crippen molar-refractivity contribution in [3.05, 3.63) is 45.9 Å². The zero-order chi connectivity index (χ0) is 11.4. The Labute approximate surface area is 98.8 Å². The minimum Gasteiger partial charge on any atom is -0.392 e. The van der Waals surface area contributed by atoms with Crippen molar-refractivity contribution in [2.24, 2.45) is 0 Å². The molecule has 0 fully saturated rings. The summed E-state index contributed by atoms with van der Waals surface area (Å²) in [6, 6.07) is 7.75. The van der Waals surface area contributed by atoms with Crippen LogP contribution in [0, 0.1) is 6.92 Å². The molecule has 2 rings (SSSR count). The summed E-state index contributed by atoms with van der Waals surface area (Å²) in [5.41, 5.74) is 2.94. The van der Waals surface area contributed by atoms with Gasteiger partial charge < -0.3 is 10.4 Å². The predicted octanol–water partition coefficient (Wildman–Crippen LogP) is 2.56. The fraction of sp³-hybridized carbons (Fsp3) is 0.250. The third-order valence-corrected chi connectivity index (χ3v) is 3.25. The van der Waals surface area contributed by atoms with E-state index in [1.54, 1.807) is 11.3 Å². The molecule has 84 valence electrons. The molecule has 3 nitrogen and oxygen atoms in total. The number of benzene rings is 1. The molecule has 0 aliphatic rings. The Kier molecular flexibility index (Phi) is 3.54. The molecule has 0 unspecified atom stereocenters. The first-order chi connectivity index (χ1) is 7.79. The van der Waals surface area contributed by atoms with Gasteiger partial charge in [-0.2, -0.15) is 0 Å². The molecule has 2 N–H and O–H groups in total. The number of nitrogens with zero attached hydrogens (tertiary/aromatic N) is 1. The number of hydrogen-bond acceptors (Lipinski definition) is 4. The van der Waals surface area contributed by atoms with Crippen molar-refractivity contribution in [3.63, 3.8) is 0 Å². The molecular formula is C12H14N2OS. The Hall–Kier alpha value is -1.39. The second kappa shape index (κ2) is 5.09. The second-order valence-electron chi connectivity index (χ2n) is 3.55. The fourth-order valence-corrected chi connectivity index (χ4v) is 2.20. The first-order valence-electron chi connectivity index (χ1n) is 5.13. The van der Waals surface area contributed by atoms with Crippen molar-refractivity contribution in [2.45, 2.75) is 20.1 Å². The Balaban J connectivity index is 2.04. The Morgan fingerprint density at radius 1 is 1.38 bits per heavy atom. The minimum absolute atomic E-state index is 0.0556. The quantitative estimate of drug-likeness (QED) is 0.854. The molecule has 0 atom stereocenters. The zero-order valence-electron chi connectivity index (χ0n) is 9.10. The number of aliphatic hydroxyl groups is 1. The summed E-state index contributed by atoms with van der Waals surface area (Å²) in [5, 5.41) is 15.5. The molecule has 0 bridgehead atoms. The summed E-state index contributed by atoms with van der Waals surface area (Å²) < 4.78 is 0. The van der Waals surface area contributed by atoms with E-state index in [9.17, 15) is 0 Å². The van der Waals surface area contributed by atoms with Crippen LogP contribution in [0.15, 0.2) is 29.6 Å². The van der Waals surface area contributed by atoms with Crippen LogP contribution in [-0.4, -0.2) is 10.1 Å². The number of thiazole rings is 1. The van der Waals surface area contributed by atoms with Gasteiger partial charge >= 0.3 is 0 Å². The van der Waals surface area contributed by atoms with Crippen LogP contribution in [-0.2, 0) is 13.2 Å². The second-order valence-corrected chi connectivity index (χ2v) is 4.49. The third kappa shape index (κ3) is 2.59. The van der Waals surface area contributed by atoms with E-state index in [4.69, 9.17) is 5.11 Å². The SMILES string of the molecule is Cc1csc(CNc2ccccc2CO)n1. The highest BCUT2D eigenvalue weighted by atomic mass is 32.1. The van der Waals surface area contributed by atoms with E-state index in [1.807, 2.05) is 36.6 Å². The summed E-state index contributed by atoms with van der Waals surface area (Å²) in [6.45, 7) is 2.75. The van der Waals surface area contributed by atoms with Crippen molar-refractivity contribution in [2.75, 3.05) is 5.32 Å². The van der Waals surface area contributed by atoms with Gasteiger partial charge in [-0.05, 0) is 13.0 Å². The van der Waals surface area contributed by atoms with E-state index < -0.39 is 0 Å². The Morgan fingerprint density at radius 2 is 2.19 bits per heavy atom. The van der Waals surface area contributed by atoms with Crippen molar-refractivity contribution >= 4 is 17.0 Å². The zero-order valence-corrected chi connectivity index (χ0v) is 9.92. The van der Waals surface area contributed by atoms with Gasteiger partial charge in [0.1, 0.15) is 5.01 Å². The molecule has 0 aliphatic heterocycles. The molecule has 2 aromatic rings. The van der Waals surface area contributed by atoms with E-state index in [1.165, 1.54) is 0 Å². The van der Waals surface area contributed by atoms with Gasteiger partial charge in [0.25, 0.3) is 0 Å². The van der Waals surface area contributed by atoms with Gasteiger partial charge in [0, 0.05) is 22.3 Å². The smallest absolute Gasteiger partial charge is 0.112 e. The van der Waals surface area contributed by atoms with Crippen LogP contribution in [0.25, 0.3) is 0 Å². The number of nitrogens with one attached hydrogen (secondary N) is 1. The van der Waals surface area contributed by atoms with Gasteiger partial charge in [0.2, 0.25) is 0 Å². The molecular weight excluding hydrogens is 220 g/mol. The van der Waals surface area contributed by atoms with Crippen LogP contribution in [0.5, 0.6) is 0 Å². The highest BCUT2D eigenvalue weighted by molar-refractivity contribution is 7.09. The van der Waals surface area contributed by atoms with E-state index in [0.717, 1.165) is 22.0 Å². The summed E-state index contributed by atoms with van der Waals surface area (Å²) in [4.78, 5) is 4.37. The van der Waals surface area contributed by atoms with Crippen LogP contribution in [0.4, 0.5) is 5.69 Å². The van der Waals surface area contributed by atoms with Crippen molar-refractivity contribution in [1.29, 1.82) is 0 Å². The van der Waals surface area contributed by atoms with Crippen LogP contribution >= 0.6 is 11.3 Å². The maximum atomic E-state index is 9.17. The maximum Gasteiger partial charge on any atom is 0.112 e. The maximum absolute atomic E-state index is 9.17. The average molecular weight is 234 g/mol. The van der Waals surface area contributed by atoms with Crippen LogP contribution < -0.4 is 5.32 Å². The lowest BCUT2D eigenvalue weighted by Gasteiger charge is -2.08. The van der Waals surface area contributed by atoms with Crippen LogP contribution in [0.1, 0.15) is 16.3 Å². The number of aryl methyl sites for hydroxylation is 1. The van der Waals surface area contributed by atoms with E-state index >= 15 is 0 Å². The lowest BCUT2D eigenvalue weighted by molar-refractivity contribution is 0.282. The number of para-hydroxylation sites is 1. The summed E-state index contributed by atoms with van der Waals surface area (Å²) >= 11 is 1.65. The Bertz CT molecular complexity index is 468. The highest BCUT2D eigenvalue weighted by Crippen LogP contribution is 2.17. The van der Waals surface area contributed by atoms with Gasteiger partial charge in [-0.15, -0.1) is 11.3 Å². The van der Waals surface area contributed by atoms with Gasteiger partial charge in [-0.1, -0.05) is 18.2 Å². The largest absolute Gasteiger partial charge is 0.392 e. The first kappa shape index (κ1) is 11.1. The number of anilines is 1. The number of aliphatic hydroxyl groups excluding tert-OH is 1. The molecule has 1 heterocycles. The monoisotopic (exact) mass is 234 g/mol. The molecule has 0 spiro atoms. The van der Waals surface area contributed by atoms with Crippen molar-refractivity contribution < 1.29 is 5.11 Å². The molecule has 4 heteroatoms. The van der Waals surface area contributed by atoms with E-state index in [-0.39, 0.29) is 6.61 Å². The normalized spacial score (nSPS) is 10.4. The van der Waals surface area contributed by atoms with Gasteiger partial charge in [-0.3, -0.25) is 0 Å². The summed E-state index contributed by atoms with van der Waals surface area (Å²) in [7, 11) is 0. The van der Waals surface area contributed by atoms with Gasteiger partial charge in [0.15, 0.2) is 0 Å². The van der Waals surface area contributed by atoms with Crippen molar-refractivity contribution in [1.82, 2.24) is 4.98 Å². The highest BCUT2D eigenvalue weighted by Gasteiger charge is 2.01. The molecule has 0 saturated carbocycles. The molecule has 16 heavy (non-hydrogen) atoms. The standard InChI is InChI=1S/C12H14N2OS/c1-9-8-16-12(14-9)6-13-11-5-3-2-4-10(11)7-15/h2-5,8,13,15H,6-7H2,1H3. The van der Waals surface area contributed by atoms with E-state index in [2.05, 4.69) is 10.3 Å². The molecule has 0 aliphatic carbocycles. The molecule has 0 radical (unpaired) electrons. The minimum atomic E-state index is 0.0556. The summed E-state index contributed by atoms with van der Waals surface area (Å²) in [5.74, 6) is 0. The lowest BCUT2D eigenvalue weighted by Crippen LogP contribution is -2.02. The predicted molar refractivity (Wildman–Crippen MR) is 66.5 cm³/mol. The molecule has 0 saturated heterocycles. The first-order valence-corrected chi connectivity index (χ1v) is 6.01. The number of hydrogen-bond donors (Lipinski definition) is 2. The fourth-order valence-electron chi connectivity index (χ4n) is 1.49. The van der Waals surface area contributed by atoms with Crippen molar-refractivity contribution in [3.8, 4) is 0 Å².